The zero-order valence-electron chi connectivity index (χ0n) is 16.2. The van der Waals surface area contributed by atoms with Gasteiger partial charge in [0.05, 0.1) is 0 Å². The average molecular weight is 378 g/mol. The molecule has 5 heteroatoms. The molecule has 148 valence electrons. The minimum Gasteiger partial charge on any atom is -0.382 e. The number of hydrogen-bond donors (Lipinski definition) is 1. The largest absolute Gasteiger partial charge is 0.382 e. The van der Waals surface area contributed by atoms with Gasteiger partial charge in [0.2, 0.25) is 6.43 Å². The van der Waals surface area contributed by atoms with Crippen molar-refractivity contribution in [2.45, 2.75) is 64.9 Å². The van der Waals surface area contributed by atoms with Gasteiger partial charge in [-0.05, 0) is 74.5 Å². The number of alkyl halides is 2. The van der Waals surface area contributed by atoms with Gasteiger partial charge in [0.1, 0.15) is 5.60 Å². The van der Waals surface area contributed by atoms with Gasteiger partial charge in [-0.2, -0.15) is 0 Å². The zero-order valence-corrected chi connectivity index (χ0v) is 16.2. The van der Waals surface area contributed by atoms with E-state index < -0.39 is 28.8 Å². The second-order valence-electron chi connectivity index (χ2n) is 9.58. The van der Waals surface area contributed by atoms with Crippen LogP contribution in [0.5, 0.6) is 0 Å². The van der Waals surface area contributed by atoms with Gasteiger partial charge >= 0.3 is 0 Å². The van der Waals surface area contributed by atoms with E-state index >= 15 is 0 Å². The molecule has 0 heterocycles. The Labute approximate surface area is 158 Å². The molecule has 0 aromatic carbocycles. The molecule has 4 aliphatic carbocycles. The number of carbonyl (C=O) groups excluding carboxylic acids is 2. The Bertz CT molecular complexity index is 757. The minimum absolute atomic E-state index is 0.0242. The minimum atomic E-state index is -2.52. The van der Waals surface area contributed by atoms with E-state index in [0.717, 1.165) is 6.42 Å². The number of hydrogen-bond acceptors (Lipinski definition) is 3. The fraction of sp³-hybridized carbons (Fsp3) is 0.727. The fourth-order valence-electron chi connectivity index (χ4n) is 7.17. The number of halogens is 2. The van der Waals surface area contributed by atoms with Gasteiger partial charge in [0, 0.05) is 16.7 Å². The maximum absolute atomic E-state index is 14.0. The van der Waals surface area contributed by atoms with E-state index in [4.69, 9.17) is 0 Å². The molecule has 4 rings (SSSR count). The first-order chi connectivity index (χ1) is 12.5. The van der Waals surface area contributed by atoms with Crippen LogP contribution in [0.2, 0.25) is 0 Å². The SMILES string of the molecule is CC(=O)[C@@]1(O)CC[C@H]2[C@@H]3C[C@H](C(F)F)C4=CC(=O)C=C[C@]4(C)[C@H]3CC[C@@]21C. The molecule has 0 amide bonds. The molecular formula is C22H28F2O3. The maximum Gasteiger partial charge on any atom is 0.245 e. The molecule has 0 aromatic rings. The van der Waals surface area contributed by atoms with E-state index in [1.165, 1.54) is 19.1 Å². The Hall–Kier alpha value is -1.36. The van der Waals surface area contributed by atoms with E-state index in [1.807, 2.05) is 19.9 Å². The first kappa shape index (κ1) is 19.0. The number of ketones is 2. The molecule has 0 aromatic heterocycles. The molecule has 0 unspecified atom stereocenters. The van der Waals surface area contributed by atoms with Crippen molar-refractivity contribution >= 4 is 11.6 Å². The summed E-state index contributed by atoms with van der Waals surface area (Å²) in [6, 6.07) is 0. The quantitative estimate of drug-likeness (QED) is 0.787. The van der Waals surface area contributed by atoms with E-state index in [-0.39, 0.29) is 29.3 Å². The highest BCUT2D eigenvalue weighted by atomic mass is 19.3. The molecule has 1 N–H and O–H groups in total. The lowest BCUT2D eigenvalue weighted by Gasteiger charge is -2.59. The molecule has 0 radical (unpaired) electrons. The van der Waals surface area contributed by atoms with Crippen molar-refractivity contribution in [2.24, 2.45) is 34.5 Å². The molecule has 0 bridgehead atoms. The van der Waals surface area contributed by atoms with E-state index in [2.05, 4.69) is 0 Å². The second-order valence-corrected chi connectivity index (χ2v) is 9.58. The topological polar surface area (TPSA) is 54.4 Å². The van der Waals surface area contributed by atoms with Gasteiger partial charge in [-0.1, -0.05) is 19.9 Å². The summed E-state index contributed by atoms with van der Waals surface area (Å²) in [5.74, 6) is -1.11. The van der Waals surface area contributed by atoms with E-state index in [0.29, 0.717) is 31.3 Å². The lowest BCUT2D eigenvalue weighted by Crippen LogP contribution is -2.58. The molecule has 7 atom stereocenters. The average Bonchev–Trinajstić information content (AvgIpc) is 2.88. The fourth-order valence-corrected chi connectivity index (χ4v) is 7.17. The summed E-state index contributed by atoms with van der Waals surface area (Å²) in [6.07, 6.45) is 5.20. The lowest BCUT2D eigenvalue weighted by atomic mass is 9.45. The summed E-state index contributed by atoms with van der Waals surface area (Å²) in [5.41, 5.74) is -1.87. The van der Waals surface area contributed by atoms with Gasteiger partial charge in [-0.3, -0.25) is 9.59 Å². The van der Waals surface area contributed by atoms with Crippen molar-refractivity contribution in [3.63, 3.8) is 0 Å². The summed E-state index contributed by atoms with van der Waals surface area (Å²) in [4.78, 5) is 24.2. The number of Topliss-reactive ketones (excluding diaryl/α,β-unsaturated/α-hetero) is 1. The van der Waals surface area contributed by atoms with Crippen LogP contribution in [0.15, 0.2) is 23.8 Å². The van der Waals surface area contributed by atoms with Crippen LogP contribution in [0.25, 0.3) is 0 Å². The van der Waals surface area contributed by atoms with Crippen molar-refractivity contribution in [3.8, 4) is 0 Å². The zero-order chi connectivity index (χ0) is 19.8. The highest BCUT2D eigenvalue weighted by molar-refractivity contribution is 6.01. The van der Waals surface area contributed by atoms with Crippen LogP contribution in [-0.2, 0) is 9.59 Å². The van der Waals surface area contributed by atoms with Crippen LogP contribution < -0.4 is 0 Å². The first-order valence-electron chi connectivity index (χ1n) is 10.0. The van der Waals surface area contributed by atoms with Crippen LogP contribution in [0.1, 0.15) is 52.9 Å². The van der Waals surface area contributed by atoms with Crippen LogP contribution in [0, 0.1) is 34.5 Å². The predicted molar refractivity (Wildman–Crippen MR) is 97.1 cm³/mol. The Morgan fingerprint density at radius 2 is 1.89 bits per heavy atom. The molecule has 3 fully saturated rings. The van der Waals surface area contributed by atoms with Crippen LogP contribution in [0.4, 0.5) is 8.78 Å². The summed E-state index contributed by atoms with van der Waals surface area (Å²) < 4.78 is 28.0. The lowest BCUT2D eigenvalue weighted by molar-refractivity contribution is -0.160. The van der Waals surface area contributed by atoms with Crippen molar-refractivity contribution in [1.29, 1.82) is 0 Å². The third-order valence-electron chi connectivity index (χ3n) is 8.68. The summed E-state index contributed by atoms with van der Waals surface area (Å²) in [7, 11) is 0. The van der Waals surface area contributed by atoms with Crippen LogP contribution in [-0.4, -0.2) is 28.7 Å². The molecular weight excluding hydrogens is 350 g/mol. The van der Waals surface area contributed by atoms with E-state index in [9.17, 15) is 23.5 Å². The van der Waals surface area contributed by atoms with Gasteiger partial charge in [-0.15, -0.1) is 0 Å². The van der Waals surface area contributed by atoms with Gasteiger partial charge in [0.15, 0.2) is 11.6 Å². The van der Waals surface area contributed by atoms with E-state index in [1.54, 1.807) is 0 Å². The molecule has 27 heavy (non-hydrogen) atoms. The third kappa shape index (κ3) is 2.33. The number of fused-ring (bicyclic) bond motifs is 5. The number of aliphatic hydroxyl groups is 1. The van der Waals surface area contributed by atoms with Gasteiger partial charge < -0.3 is 5.11 Å². The van der Waals surface area contributed by atoms with Crippen molar-refractivity contribution < 1.29 is 23.5 Å². The molecule has 3 nitrogen and oxygen atoms in total. The predicted octanol–water partition coefficient (Wildman–Crippen LogP) is 4.11. The highest BCUT2D eigenvalue weighted by Crippen LogP contribution is 2.68. The van der Waals surface area contributed by atoms with Crippen molar-refractivity contribution in [3.05, 3.63) is 23.8 Å². The van der Waals surface area contributed by atoms with Gasteiger partial charge in [-0.25, -0.2) is 8.78 Å². The summed E-state index contributed by atoms with van der Waals surface area (Å²) in [5, 5.41) is 11.2. The van der Waals surface area contributed by atoms with Crippen molar-refractivity contribution in [2.75, 3.05) is 0 Å². The standard InChI is InChI=1S/C22H28F2O3/c1-12(25)22(27)9-6-17-14-11-15(19(23)24)18-10-13(26)4-7-20(18,2)16(14)5-8-21(17,22)3/h4,7,10,14-17,19,27H,5-6,8-9,11H2,1-3H3/t14-,15+,16+,17+,20-,21+,22+/m1/s1. The molecule has 0 saturated heterocycles. The Morgan fingerprint density at radius 3 is 2.52 bits per heavy atom. The summed E-state index contributed by atoms with van der Waals surface area (Å²) >= 11 is 0. The third-order valence-corrected chi connectivity index (χ3v) is 8.68. The Kier molecular flexibility index (Phi) is 4.09. The number of carbonyl (C=O) groups is 2. The maximum atomic E-state index is 14.0. The van der Waals surface area contributed by atoms with Crippen LogP contribution >= 0.6 is 0 Å². The first-order valence-corrected chi connectivity index (χ1v) is 10.0. The van der Waals surface area contributed by atoms with Gasteiger partial charge in [0.25, 0.3) is 0 Å². The molecule has 4 aliphatic rings. The Morgan fingerprint density at radius 1 is 1.22 bits per heavy atom. The molecule has 3 saturated carbocycles. The monoisotopic (exact) mass is 378 g/mol. The van der Waals surface area contributed by atoms with Crippen LogP contribution in [0.3, 0.4) is 0 Å². The normalized spacial score (nSPS) is 48.7. The smallest absolute Gasteiger partial charge is 0.245 e. The molecule has 0 aliphatic heterocycles. The van der Waals surface area contributed by atoms with Crippen molar-refractivity contribution in [1.82, 2.24) is 0 Å². The molecule has 0 spiro atoms. The number of rotatable bonds is 2. The second kappa shape index (κ2) is 5.82. The summed E-state index contributed by atoms with van der Waals surface area (Å²) in [6.45, 7) is 5.41. The number of allylic oxidation sites excluding steroid dienone is 4. The highest BCUT2D eigenvalue weighted by Gasteiger charge is 2.66. The Balaban J connectivity index is 1.78.